The quantitative estimate of drug-likeness (QED) is 0.809. The van der Waals surface area contributed by atoms with Crippen LogP contribution >= 0.6 is 0 Å². The van der Waals surface area contributed by atoms with Gasteiger partial charge in [-0.05, 0) is 48.5 Å². The average Bonchev–Trinajstić information content (AvgIpc) is 2.39. The Morgan fingerprint density at radius 2 is 1.42 bits per heavy atom. The summed E-state index contributed by atoms with van der Waals surface area (Å²) in [6, 6.07) is 13.3. The zero-order chi connectivity index (χ0) is 13.9. The number of hydrogen-bond donors (Lipinski definition) is 0. The monoisotopic (exact) mass is 277 g/mol. The Kier molecular flexibility index (Phi) is 3.49. The molecule has 0 aliphatic rings. The third kappa shape index (κ3) is 3.30. The topological polar surface area (TPSA) is 67.2 Å². The van der Waals surface area contributed by atoms with Gasteiger partial charge in [0.1, 0.15) is 11.5 Å². The molecule has 0 bridgehead atoms. The van der Waals surface area contributed by atoms with E-state index in [1.165, 1.54) is 12.1 Å². The maximum atomic E-state index is 12.7. The van der Waals surface area contributed by atoms with Crippen molar-refractivity contribution in [1.82, 2.24) is 0 Å². The van der Waals surface area contributed by atoms with Crippen molar-refractivity contribution in [2.45, 2.75) is 4.90 Å². The van der Waals surface area contributed by atoms with E-state index < -0.39 is 15.1 Å². The first-order chi connectivity index (χ1) is 8.99. The van der Waals surface area contributed by atoms with Gasteiger partial charge in [0.2, 0.25) is 0 Å². The highest BCUT2D eigenvalue weighted by Gasteiger charge is 2.11. The van der Waals surface area contributed by atoms with Gasteiger partial charge in [0.05, 0.1) is 16.5 Å². The summed E-state index contributed by atoms with van der Waals surface area (Å²) in [6.45, 7) is 0. The van der Waals surface area contributed by atoms with Crippen molar-refractivity contribution in [3.05, 3.63) is 54.1 Å². The average molecular weight is 277 g/mol. The Balaban J connectivity index is 2.17. The molecule has 2 aromatic carbocycles. The van der Waals surface area contributed by atoms with Gasteiger partial charge < -0.3 is 4.74 Å². The number of ether oxygens (including phenoxy) is 1. The molecule has 0 heterocycles. The minimum Gasteiger partial charge on any atom is -0.457 e. The van der Waals surface area contributed by atoms with Crippen LogP contribution in [0.5, 0.6) is 11.5 Å². The van der Waals surface area contributed by atoms with Crippen molar-refractivity contribution in [3.8, 4) is 17.6 Å². The Labute approximate surface area is 109 Å². The molecule has 6 heteroatoms. The van der Waals surface area contributed by atoms with Crippen molar-refractivity contribution in [2.24, 2.45) is 0 Å². The van der Waals surface area contributed by atoms with Crippen LogP contribution in [0.4, 0.5) is 3.89 Å². The maximum absolute atomic E-state index is 12.7. The number of nitrogens with zero attached hydrogens (tertiary/aromatic N) is 1. The molecule has 0 amide bonds. The second-order valence-corrected chi connectivity index (χ2v) is 4.99. The first-order valence-electron chi connectivity index (χ1n) is 5.22. The number of nitriles is 1. The Morgan fingerprint density at radius 3 is 1.84 bits per heavy atom. The molecule has 0 aliphatic heterocycles. The van der Waals surface area contributed by atoms with Gasteiger partial charge in [-0.15, -0.1) is 3.89 Å². The molecular formula is C13H8FNO3S. The molecule has 4 nitrogen and oxygen atoms in total. The van der Waals surface area contributed by atoms with E-state index in [0.29, 0.717) is 17.1 Å². The molecule has 96 valence electrons. The number of halogens is 1. The van der Waals surface area contributed by atoms with Crippen LogP contribution in [-0.2, 0) is 10.2 Å². The van der Waals surface area contributed by atoms with Crippen LogP contribution in [0.3, 0.4) is 0 Å². The second-order valence-electron chi connectivity index (χ2n) is 3.65. The first kappa shape index (κ1) is 13.1. The fraction of sp³-hybridized carbons (Fsp3) is 0. The highest BCUT2D eigenvalue weighted by molar-refractivity contribution is 7.86. The number of benzene rings is 2. The van der Waals surface area contributed by atoms with Crippen molar-refractivity contribution >= 4 is 10.2 Å². The largest absolute Gasteiger partial charge is 0.457 e. The van der Waals surface area contributed by atoms with Gasteiger partial charge in [-0.2, -0.15) is 13.7 Å². The lowest BCUT2D eigenvalue weighted by molar-refractivity contribution is 0.482. The summed E-state index contributed by atoms with van der Waals surface area (Å²) in [7, 11) is -4.69. The van der Waals surface area contributed by atoms with Gasteiger partial charge in [0.15, 0.2) is 0 Å². The lowest BCUT2D eigenvalue weighted by Gasteiger charge is -2.05. The van der Waals surface area contributed by atoms with Crippen LogP contribution in [0.2, 0.25) is 0 Å². The van der Waals surface area contributed by atoms with Gasteiger partial charge in [0.25, 0.3) is 0 Å². The Bertz CT molecular complexity index is 716. The van der Waals surface area contributed by atoms with Crippen molar-refractivity contribution in [2.75, 3.05) is 0 Å². The maximum Gasteiger partial charge on any atom is 0.332 e. The summed E-state index contributed by atoms with van der Waals surface area (Å²) in [4.78, 5) is -0.417. The molecule has 0 aliphatic carbocycles. The summed E-state index contributed by atoms with van der Waals surface area (Å²) in [6.07, 6.45) is 0. The molecule has 19 heavy (non-hydrogen) atoms. The molecule has 0 N–H and O–H groups in total. The van der Waals surface area contributed by atoms with E-state index in [0.717, 1.165) is 12.1 Å². The van der Waals surface area contributed by atoms with Gasteiger partial charge in [-0.1, -0.05) is 0 Å². The molecule has 0 unspecified atom stereocenters. The molecule has 0 aromatic heterocycles. The SMILES string of the molecule is N#Cc1ccc(Oc2ccc(S(=O)(=O)F)cc2)cc1. The van der Waals surface area contributed by atoms with Gasteiger partial charge >= 0.3 is 10.2 Å². The van der Waals surface area contributed by atoms with E-state index in [1.54, 1.807) is 24.3 Å². The summed E-state index contributed by atoms with van der Waals surface area (Å²) in [5.41, 5.74) is 0.506. The third-order valence-electron chi connectivity index (χ3n) is 2.32. The van der Waals surface area contributed by atoms with Crippen LogP contribution in [0.15, 0.2) is 53.4 Å². The van der Waals surface area contributed by atoms with Crippen LogP contribution in [0, 0.1) is 11.3 Å². The number of rotatable bonds is 3. The second kappa shape index (κ2) is 5.08. The van der Waals surface area contributed by atoms with E-state index in [1.807, 2.05) is 6.07 Å². The van der Waals surface area contributed by atoms with Crippen LogP contribution < -0.4 is 4.74 Å². The fourth-order valence-electron chi connectivity index (χ4n) is 1.40. The predicted molar refractivity (Wildman–Crippen MR) is 66.0 cm³/mol. The third-order valence-corrected chi connectivity index (χ3v) is 3.16. The normalized spacial score (nSPS) is 10.7. The Morgan fingerprint density at radius 1 is 0.947 bits per heavy atom. The van der Waals surface area contributed by atoms with E-state index in [4.69, 9.17) is 10.00 Å². The van der Waals surface area contributed by atoms with Crippen LogP contribution in [0.1, 0.15) is 5.56 Å². The highest BCUT2D eigenvalue weighted by atomic mass is 32.3. The molecule has 2 rings (SSSR count). The zero-order valence-corrected chi connectivity index (χ0v) is 10.4. The molecule has 0 saturated carbocycles. The lowest BCUT2D eigenvalue weighted by atomic mass is 10.2. The van der Waals surface area contributed by atoms with Crippen LogP contribution in [0.25, 0.3) is 0 Å². The molecule has 0 fully saturated rings. The minimum atomic E-state index is -4.69. The van der Waals surface area contributed by atoms with E-state index in [-0.39, 0.29) is 0 Å². The minimum absolute atomic E-state index is 0.372. The van der Waals surface area contributed by atoms with E-state index in [2.05, 4.69) is 0 Å². The van der Waals surface area contributed by atoms with Gasteiger partial charge in [-0.3, -0.25) is 0 Å². The summed E-state index contributed by atoms with van der Waals surface area (Å²) < 4.78 is 39.4. The fourth-order valence-corrected chi connectivity index (χ4v) is 1.87. The smallest absolute Gasteiger partial charge is 0.332 e. The zero-order valence-electron chi connectivity index (χ0n) is 9.58. The predicted octanol–water partition coefficient (Wildman–Crippen LogP) is 3.01. The molecule has 0 radical (unpaired) electrons. The molecule has 0 spiro atoms. The van der Waals surface area contributed by atoms with Crippen molar-refractivity contribution in [3.63, 3.8) is 0 Å². The Hall–Kier alpha value is -2.39. The highest BCUT2D eigenvalue weighted by Crippen LogP contribution is 2.23. The van der Waals surface area contributed by atoms with Crippen molar-refractivity contribution < 1.29 is 17.0 Å². The summed E-state index contributed by atoms with van der Waals surface area (Å²) in [5.74, 6) is 0.868. The van der Waals surface area contributed by atoms with Gasteiger partial charge in [-0.25, -0.2) is 0 Å². The molecule has 2 aromatic rings. The van der Waals surface area contributed by atoms with E-state index >= 15 is 0 Å². The summed E-state index contributed by atoms with van der Waals surface area (Å²) >= 11 is 0. The lowest BCUT2D eigenvalue weighted by Crippen LogP contribution is -1.91. The molecule has 0 atom stereocenters. The van der Waals surface area contributed by atoms with E-state index in [9.17, 15) is 12.3 Å². The molecule has 0 saturated heterocycles. The van der Waals surface area contributed by atoms with Crippen molar-refractivity contribution in [1.29, 1.82) is 5.26 Å². The summed E-state index contributed by atoms with van der Waals surface area (Å²) in [5, 5.41) is 8.64. The first-order valence-corrected chi connectivity index (χ1v) is 6.60. The number of hydrogen-bond acceptors (Lipinski definition) is 4. The molecular weight excluding hydrogens is 269 g/mol. The van der Waals surface area contributed by atoms with Crippen LogP contribution in [-0.4, -0.2) is 8.42 Å². The van der Waals surface area contributed by atoms with Gasteiger partial charge in [0, 0.05) is 0 Å². The standard InChI is InChI=1S/C13H8FNO3S/c14-19(16,17)13-7-5-12(6-8-13)18-11-3-1-10(9-15)2-4-11/h1-8H.